The zero-order chi connectivity index (χ0) is 22.2. The molecule has 2 fully saturated rings. The summed E-state index contributed by atoms with van der Waals surface area (Å²) in [5.41, 5.74) is 4.35. The number of hydrogen-bond acceptors (Lipinski definition) is 6. The second-order valence-electron chi connectivity index (χ2n) is 8.71. The Morgan fingerprint density at radius 3 is 2.66 bits per heavy atom. The summed E-state index contributed by atoms with van der Waals surface area (Å²) in [6, 6.07) is 11.9. The van der Waals surface area contributed by atoms with E-state index in [9.17, 15) is 4.79 Å². The Morgan fingerprint density at radius 1 is 1.25 bits per heavy atom. The lowest BCUT2D eigenvalue weighted by molar-refractivity contribution is 0.0959. The number of aryl methyl sites for hydroxylation is 1. The number of rotatable bonds is 6. The number of halogens is 1. The van der Waals surface area contributed by atoms with Gasteiger partial charge in [0.25, 0.3) is 5.91 Å². The molecule has 168 valence electrons. The Kier molecular flexibility index (Phi) is 5.97. The van der Waals surface area contributed by atoms with Crippen molar-refractivity contribution in [2.45, 2.75) is 38.3 Å². The Hall–Kier alpha value is -2.35. The number of nitrogens with one attached hydrogen (secondary N) is 3. The van der Waals surface area contributed by atoms with Crippen LogP contribution in [0.3, 0.4) is 0 Å². The predicted octanol–water partition coefficient (Wildman–Crippen LogP) is 4.21. The minimum atomic E-state index is -0.0826. The molecule has 5 rings (SSSR count). The van der Waals surface area contributed by atoms with Crippen LogP contribution in [0.4, 0.5) is 11.4 Å². The molecule has 2 unspecified atom stereocenters. The van der Waals surface area contributed by atoms with Gasteiger partial charge in [-0.25, -0.2) is 4.98 Å². The van der Waals surface area contributed by atoms with Gasteiger partial charge in [0, 0.05) is 49.8 Å². The zero-order valence-electron chi connectivity index (χ0n) is 18.4. The van der Waals surface area contributed by atoms with Gasteiger partial charge >= 0.3 is 0 Å². The molecule has 0 aliphatic carbocycles. The van der Waals surface area contributed by atoms with Crippen LogP contribution in [0.25, 0.3) is 10.2 Å². The van der Waals surface area contributed by atoms with Gasteiger partial charge in [0.1, 0.15) is 14.9 Å². The highest BCUT2D eigenvalue weighted by molar-refractivity contribution is 7.21. The fourth-order valence-electron chi connectivity index (χ4n) is 4.92. The molecule has 4 heterocycles. The van der Waals surface area contributed by atoms with Crippen LogP contribution in [-0.4, -0.2) is 49.7 Å². The van der Waals surface area contributed by atoms with Crippen molar-refractivity contribution >= 4 is 50.4 Å². The highest BCUT2D eigenvalue weighted by Gasteiger charge is 2.32. The first-order valence-electron chi connectivity index (χ1n) is 11.2. The summed E-state index contributed by atoms with van der Waals surface area (Å²) in [5.74, 6) is -0.0826. The van der Waals surface area contributed by atoms with Crippen LogP contribution in [-0.2, 0) is 6.42 Å². The van der Waals surface area contributed by atoms with E-state index in [2.05, 4.69) is 50.1 Å². The number of piperazine rings is 1. The second-order valence-corrected chi connectivity index (χ2v) is 10.1. The van der Waals surface area contributed by atoms with Gasteiger partial charge in [-0.05, 0) is 55.5 Å². The average Bonchev–Trinajstić information content (AvgIpc) is 3.33. The fourth-order valence-corrected chi connectivity index (χ4v) is 6.40. The molecule has 8 heteroatoms. The largest absolute Gasteiger partial charge is 0.386 e. The summed E-state index contributed by atoms with van der Waals surface area (Å²) in [5, 5.41) is 11.3. The van der Waals surface area contributed by atoms with E-state index in [0.29, 0.717) is 28.7 Å². The predicted molar refractivity (Wildman–Crippen MR) is 134 cm³/mol. The standard InChI is InChI=1S/C24H28ClN5OS/c1-14-11-19(25)29-24-20(14)21(26-2)22(32-24)23(31)27-10-9-15-3-7-18(8-4-15)30-12-16-5-6-17(13-30)28-16/h3-4,7-8,11,16-17,26,28H,5-6,9-10,12-13H2,1-2H3,(H,27,31). The third kappa shape index (κ3) is 4.17. The third-order valence-corrected chi connectivity index (χ3v) is 7.78. The van der Waals surface area contributed by atoms with Crippen molar-refractivity contribution in [2.75, 3.05) is 36.9 Å². The van der Waals surface area contributed by atoms with Crippen molar-refractivity contribution in [3.05, 3.63) is 51.5 Å². The van der Waals surface area contributed by atoms with Crippen LogP contribution in [0.15, 0.2) is 30.3 Å². The SMILES string of the molecule is CNc1c(C(=O)NCCc2ccc(N3CC4CCC(C3)N4)cc2)sc2nc(Cl)cc(C)c12. The maximum Gasteiger partial charge on any atom is 0.263 e. The molecule has 0 saturated carbocycles. The average molecular weight is 470 g/mol. The number of nitrogens with zero attached hydrogens (tertiary/aromatic N) is 2. The molecule has 6 nitrogen and oxygen atoms in total. The van der Waals surface area contributed by atoms with Crippen molar-refractivity contribution in [2.24, 2.45) is 0 Å². The van der Waals surface area contributed by atoms with Crippen LogP contribution in [0, 0.1) is 6.92 Å². The van der Waals surface area contributed by atoms with Gasteiger partial charge in [-0.2, -0.15) is 0 Å². The van der Waals surface area contributed by atoms with E-state index in [4.69, 9.17) is 11.6 Å². The summed E-state index contributed by atoms with van der Waals surface area (Å²) in [6.07, 6.45) is 3.37. The van der Waals surface area contributed by atoms with E-state index >= 15 is 0 Å². The number of amides is 1. The Morgan fingerprint density at radius 2 is 1.97 bits per heavy atom. The number of carbonyl (C=O) groups excluding carboxylic acids is 1. The monoisotopic (exact) mass is 469 g/mol. The molecule has 1 amide bonds. The summed E-state index contributed by atoms with van der Waals surface area (Å²) in [4.78, 5) is 21.2. The Labute approximate surface area is 197 Å². The van der Waals surface area contributed by atoms with E-state index in [1.54, 1.807) is 0 Å². The molecule has 2 aliphatic rings. The van der Waals surface area contributed by atoms with Gasteiger partial charge in [0.05, 0.1) is 5.69 Å². The lowest BCUT2D eigenvalue weighted by Gasteiger charge is -2.34. The smallest absolute Gasteiger partial charge is 0.263 e. The molecular formula is C24H28ClN5OS. The Balaban J connectivity index is 1.21. The van der Waals surface area contributed by atoms with Crippen LogP contribution in [0.5, 0.6) is 0 Å². The lowest BCUT2D eigenvalue weighted by Crippen LogP contribution is -2.51. The number of aromatic nitrogens is 1. The maximum atomic E-state index is 12.9. The van der Waals surface area contributed by atoms with E-state index in [0.717, 1.165) is 41.0 Å². The van der Waals surface area contributed by atoms with Gasteiger partial charge in [-0.15, -0.1) is 11.3 Å². The topological polar surface area (TPSA) is 69.3 Å². The van der Waals surface area contributed by atoms with Crippen molar-refractivity contribution in [3.8, 4) is 0 Å². The molecule has 0 spiro atoms. The summed E-state index contributed by atoms with van der Waals surface area (Å²) >= 11 is 7.48. The summed E-state index contributed by atoms with van der Waals surface area (Å²) in [6.45, 7) is 4.75. The molecule has 2 aliphatic heterocycles. The molecule has 0 radical (unpaired) electrons. The van der Waals surface area contributed by atoms with Gasteiger partial charge in [-0.1, -0.05) is 23.7 Å². The molecule has 3 aromatic rings. The van der Waals surface area contributed by atoms with E-state index in [1.165, 1.54) is 35.4 Å². The molecule has 1 aromatic carbocycles. The molecule has 2 bridgehead atoms. The third-order valence-electron chi connectivity index (χ3n) is 6.50. The zero-order valence-corrected chi connectivity index (χ0v) is 19.9. The van der Waals surface area contributed by atoms with Gasteiger partial charge < -0.3 is 20.9 Å². The highest BCUT2D eigenvalue weighted by atomic mass is 35.5. The molecule has 2 saturated heterocycles. The lowest BCUT2D eigenvalue weighted by atomic mass is 10.1. The summed E-state index contributed by atoms with van der Waals surface area (Å²) < 4.78 is 0. The minimum absolute atomic E-state index is 0.0826. The van der Waals surface area contributed by atoms with E-state index < -0.39 is 0 Å². The van der Waals surface area contributed by atoms with Crippen molar-refractivity contribution in [3.63, 3.8) is 0 Å². The normalized spacial score (nSPS) is 20.0. The van der Waals surface area contributed by atoms with Crippen molar-refractivity contribution in [1.82, 2.24) is 15.6 Å². The number of hydrogen-bond donors (Lipinski definition) is 3. The second kappa shape index (κ2) is 8.89. The number of fused-ring (bicyclic) bond motifs is 3. The molecule has 32 heavy (non-hydrogen) atoms. The first kappa shape index (κ1) is 21.5. The number of thiophene rings is 1. The maximum absolute atomic E-state index is 12.9. The van der Waals surface area contributed by atoms with Crippen LogP contribution >= 0.6 is 22.9 Å². The van der Waals surface area contributed by atoms with Crippen LogP contribution in [0.2, 0.25) is 5.15 Å². The molecule has 2 atom stereocenters. The van der Waals surface area contributed by atoms with Crippen molar-refractivity contribution in [1.29, 1.82) is 0 Å². The molecule has 2 aromatic heterocycles. The first-order valence-corrected chi connectivity index (χ1v) is 12.4. The summed E-state index contributed by atoms with van der Waals surface area (Å²) in [7, 11) is 1.83. The number of carbonyl (C=O) groups is 1. The van der Waals surface area contributed by atoms with E-state index in [-0.39, 0.29) is 5.91 Å². The van der Waals surface area contributed by atoms with Gasteiger partial charge in [-0.3, -0.25) is 4.79 Å². The minimum Gasteiger partial charge on any atom is -0.386 e. The number of pyridine rings is 1. The Bertz CT molecular complexity index is 1130. The first-order chi connectivity index (χ1) is 15.5. The van der Waals surface area contributed by atoms with Crippen LogP contribution in [0.1, 0.15) is 33.6 Å². The molecular weight excluding hydrogens is 442 g/mol. The number of benzene rings is 1. The fraction of sp³-hybridized carbons (Fsp3) is 0.417. The molecule has 3 N–H and O–H groups in total. The highest BCUT2D eigenvalue weighted by Crippen LogP contribution is 2.37. The number of anilines is 2. The van der Waals surface area contributed by atoms with Gasteiger partial charge in [0.15, 0.2) is 0 Å². The quantitative estimate of drug-likeness (QED) is 0.472. The van der Waals surface area contributed by atoms with Crippen molar-refractivity contribution < 1.29 is 4.79 Å². The van der Waals surface area contributed by atoms with Crippen LogP contribution < -0.4 is 20.9 Å². The van der Waals surface area contributed by atoms with E-state index in [1.807, 2.05) is 20.0 Å². The van der Waals surface area contributed by atoms with Gasteiger partial charge in [0.2, 0.25) is 0 Å².